The summed E-state index contributed by atoms with van der Waals surface area (Å²) < 4.78 is 0. The van der Waals surface area contributed by atoms with Gasteiger partial charge in [-0.3, -0.25) is 9.59 Å². The van der Waals surface area contributed by atoms with Gasteiger partial charge in [-0.15, -0.1) is 0 Å². The molecular weight excluding hydrogens is 123 g/mol. The smallest absolute Gasteiger partial charge is 1.00 e. The van der Waals surface area contributed by atoms with Gasteiger partial charge in [-0.05, 0) is 0 Å². The summed E-state index contributed by atoms with van der Waals surface area (Å²) in [5.41, 5.74) is 0. The fourth-order valence-corrected chi connectivity index (χ4v) is 0.470. The molecule has 0 aliphatic carbocycles. The van der Waals surface area contributed by atoms with Crippen LogP contribution >= 0.6 is 0 Å². The minimum Gasteiger partial charge on any atom is -1.00 e. The monoisotopic (exact) mass is 136 g/mol. The van der Waals surface area contributed by atoms with Gasteiger partial charge in [0.05, 0.1) is 6.42 Å². The van der Waals surface area contributed by atoms with Crippen LogP contribution in [0.3, 0.4) is 0 Å². The van der Waals surface area contributed by atoms with Crippen molar-refractivity contribution in [2.45, 2.75) is 33.1 Å². The summed E-state index contributed by atoms with van der Waals surface area (Å²) in [5.74, 6) is 0.0868. The van der Waals surface area contributed by atoms with E-state index in [9.17, 15) is 9.59 Å². The molecule has 0 aromatic heterocycles. The Bertz CT molecular complexity index is 112. The minimum atomic E-state index is 0. The molecule has 3 heteroatoms. The Morgan fingerprint density at radius 3 is 1.60 bits per heavy atom. The number of carbonyl (C=O) groups excluding carboxylic acids is 2. The molecular formula is C7H13LiO2. The van der Waals surface area contributed by atoms with Crippen molar-refractivity contribution >= 4 is 11.6 Å². The molecule has 10 heavy (non-hydrogen) atoms. The van der Waals surface area contributed by atoms with E-state index in [0.717, 1.165) is 0 Å². The number of hydrogen-bond donors (Lipinski definition) is 0. The van der Waals surface area contributed by atoms with E-state index in [1.165, 1.54) is 0 Å². The van der Waals surface area contributed by atoms with Gasteiger partial charge < -0.3 is 1.43 Å². The van der Waals surface area contributed by atoms with E-state index >= 15 is 0 Å². The first-order chi connectivity index (χ1) is 4.20. The molecule has 0 saturated heterocycles. The van der Waals surface area contributed by atoms with Crippen LogP contribution in [0.25, 0.3) is 0 Å². The average Bonchev–Trinajstić information content (AvgIpc) is 1.87. The van der Waals surface area contributed by atoms with Gasteiger partial charge in [0.15, 0.2) is 0 Å². The summed E-state index contributed by atoms with van der Waals surface area (Å²) in [4.78, 5) is 21.1. The summed E-state index contributed by atoms with van der Waals surface area (Å²) in [7, 11) is 0. The van der Waals surface area contributed by atoms with Crippen molar-refractivity contribution in [2.75, 3.05) is 0 Å². The zero-order valence-corrected chi connectivity index (χ0v) is 6.94. The molecule has 0 rings (SSSR count). The van der Waals surface area contributed by atoms with Crippen LogP contribution in [-0.4, -0.2) is 11.6 Å². The molecule has 0 aromatic carbocycles. The summed E-state index contributed by atoms with van der Waals surface area (Å²) >= 11 is 0. The Kier molecular flexibility index (Phi) is 8.88. The Morgan fingerprint density at radius 2 is 1.40 bits per heavy atom. The first kappa shape index (κ1) is 12.6. The molecule has 0 atom stereocenters. The predicted octanol–water partition coefficient (Wildman–Crippen LogP) is -1.55. The van der Waals surface area contributed by atoms with E-state index < -0.39 is 0 Å². The zero-order chi connectivity index (χ0) is 7.28. The average molecular weight is 136 g/mol. The van der Waals surface area contributed by atoms with E-state index in [1.54, 1.807) is 13.8 Å². The number of rotatable bonds is 4. The maximum atomic E-state index is 10.6. The fourth-order valence-electron chi connectivity index (χ4n) is 0.470. The number of hydrogen-bond acceptors (Lipinski definition) is 2. The molecule has 0 radical (unpaired) electrons. The van der Waals surface area contributed by atoms with Gasteiger partial charge in [0.2, 0.25) is 0 Å². The first-order valence-electron chi connectivity index (χ1n) is 3.24. The van der Waals surface area contributed by atoms with Crippen molar-refractivity contribution in [1.82, 2.24) is 0 Å². The van der Waals surface area contributed by atoms with Crippen LogP contribution < -0.4 is 18.9 Å². The van der Waals surface area contributed by atoms with E-state index in [0.29, 0.717) is 12.8 Å². The second-order valence-electron chi connectivity index (χ2n) is 1.96. The molecule has 0 N–H and O–H groups in total. The summed E-state index contributed by atoms with van der Waals surface area (Å²) in [6.45, 7) is 3.54. The predicted molar refractivity (Wildman–Crippen MR) is 36.3 cm³/mol. The molecule has 54 valence electrons. The topological polar surface area (TPSA) is 34.1 Å². The zero-order valence-electron chi connectivity index (χ0n) is 7.94. The molecule has 0 bridgehead atoms. The van der Waals surface area contributed by atoms with Crippen molar-refractivity contribution in [3.63, 3.8) is 0 Å². The fraction of sp³-hybridized carbons (Fsp3) is 0.714. The van der Waals surface area contributed by atoms with Crippen LogP contribution in [0.4, 0.5) is 0 Å². The minimum absolute atomic E-state index is 0. The van der Waals surface area contributed by atoms with Crippen LogP contribution in [0, 0.1) is 0 Å². The number of carbonyl (C=O) groups is 2. The maximum absolute atomic E-state index is 10.6. The van der Waals surface area contributed by atoms with Crippen molar-refractivity contribution in [2.24, 2.45) is 0 Å². The second kappa shape index (κ2) is 7.05. The molecule has 0 heterocycles. The third-order valence-corrected chi connectivity index (χ3v) is 1.18. The standard InChI is InChI=1S/C7H12O2.Li.H/c1-3-6(8)5-7(9)4-2;;/h3-5H2,1-2H3;;/q;+1;-1. The number of ketones is 2. The van der Waals surface area contributed by atoms with Gasteiger partial charge in [0, 0.05) is 12.8 Å². The molecule has 0 amide bonds. The van der Waals surface area contributed by atoms with Gasteiger partial charge in [0.25, 0.3) is 0 Å². The van der Waals surface area contributed by atoms with E-state index in [-0.39, 0.29) is 38.3 Å². The van der Waals surface area contributed by atoms with E-state index in [1.807, 2.05) is 0 Å². The first-order valence-corrected chi connectivity index (χ1v) is 3.24. The van der Waals surface area contributed by atoms with Gasteiger partial charge in [0.1, 0.15) is 11.6 Å². The molecule has 0 fully saturated rings. The molecule has 0 saturated carbocycles. The third kappa shape index (κ3) is 6.06. The van der Waals surface area contributed by atoms with Gasteiger partial charge in [-0.1, -0.05) is 13.8 Å². The maximum Gasteiger partial charge on any atom is 1.00 e. The van der Waals surface area contributed by atoms with Crippen LogP contribution in [0.5, 0.6) is 0 Å². The molecule has 0 aliphatic heterocycles. The van der Waals surface area contributed by atoms with E-state index in [2.05, 4.69) is 0 Å². The van der Waals surface area contributed by atoms with Crippen molar-refractivity contribution in [1.29, 1.82) is 0 Å². The van der Waals surface area contributed by atoms with E-state index in [4.69, 9.17) is 0 Å². The largest absolute Gasteiger partial charge is 1.00 e. The summed E-state index contributed by atoms with van der Waals surface area (Å²) in [6, 6.07) is 0. The molecule has 0 unspecified atom stereocenters. The second-order valence-corrected chi connectivity index (χ2v) is 1.96. The SMILES string of the molecule is CCC(=O)CC(=O)CC.[H-].[Li+]. The molecule has 0 aliphatic rings. The third-order valence-electron chi connectivity index (χ3n) is 1.18. The molecule has 2 nitrogen and oxygen atoms in total. The molecule has 0 aromatic rings. The van der Waals surface area contributed by atoms with Gasteiger partial charge >= 0.3 is 18.9 Å². The summed E-state index contributed by atoms with van der Waals surface area (Å²) in [6.07, 6.45) is 1.09. The van der Waals surface area contributed by atoms with Crippen LogP contribution in [0.15, 0.2) is 0 Å². The molecule has 0 spiro atoms. The van der Waals surface area contributed by atoms with Crippen molar-refractivity contribution in [3.05, 3.63) is 0 Å². The van der Waals surface area contributed by atoms with Crippen molar-refractivity contribution in [3.8, 4) is 0 Å². The Labute approximate surface area is 75.0 Å². The normalized spacial score (nSPS) is 8.20. The van der Waals surface area contributed by atoms with Crippen LogP contribution in [0.2, 0.25) is 0 Å². The van der Waals surface area contributed by atoms with Crippen LogP contribution in [0.1, 0.15) is 34.5 Å². The Morgan fingerprint density at radius 1 is 1.10 bits per heavy atom. The van der Waals surface area contributed by atoms with Gasteiger partial charge in [-0.25, -0.2) is 0 Å². The summed E-state index contributed by atoms with van der Waals surface area (Å²) in [5, 5.41) is 0. The number of Topliss-reactive ketones (excluding diaryl/α,β-unsaturated/α-hetero) is 2. The van der Waals surface area contributed by atoms with Crippen LogP contribution in [-0.2, 0) is 9.59 Å². The van der Waals surface area contributed by atoms with Gasteiger partial charge in [-0.2, -0.15) is 0 Å². The Hall–Kier alpha value is -0.0626. The Balaban J connectivity index is -0.000000320. The van der Waals surface area contributed by atoms with Crippen molar-refractivity contribution < 1.29 is 29.9 Å². The quantitative estimate of drug-likeness (QED) is 0.346.